The van der Waals surface area contributed by atoms with Gasteiger partial charge in [0.2, 0.25) is 0 Å². The van der Waals surface area contributed by atoms with E-state index in [4.69, 9.17) is 0 Å². The molecule has 0 heterocycles. The SMILES string of the molecule is C=C(CCC1CCCC1)N(Cc1ccc(C#Cc2ccc(CCCC)cc2)cc1)Cc1ccc(C(=O)O)cc1. The Kier molecular flexibility index (Phi) is 10.4. The van der Waals surface area contributed by atoms with Crippen LogP contribution in [0.15, 0.2) is 85.1 Å². The van der Waals surface area contributed by atoms with Crippen molar-refractivity contribution in [2.24, 2.45) is 5.92 Å². The highest BCUT2D eigenvalue weighted by atomic mass is 16.4. The number of allylic oxidation sites excluding steroid dienone is 1. The van der Waals surface area contributed by atoms with Crippen molar-refractivity contribution in [3.63, 3.8) is 0 Å². The van der Waals surface area contributed by atoms with E-state index in [9.17, 15) is 9.90 Å². The predicted molar refractivity (Wildman–Crippen MR) is 160 cm³/mol. The van der Waals surface area contributed by atoms with Gasteiger partial charge in [-0.05, 0) is 84.7 Å². The molecule has 3 heteroatoms. The fourth-order valence-electron chi connectivity index (χ4n) is 5.27. The first-order valence-electron chi connectivity index (χ1n) is 14.4. The second-order valence-electron chi connectivity index (χ2n) is 10.9. The van der Waals surface area contributed by atoms with Crippen molar-refractivity contribution in [3.05, 3.63) is 118 Å². The molecule has 0 bridgehead atoms. The van der Waals surface area contributed by atoms with Crippen molar-refractivity contribution < 1.29 is 9.90 Å². The topological polar surface area (TPSA) is 40.5 Å². The van der Waals surface area contributed by atoms with Crippen LogP contribution >= 0.6 is 0 Å². The summed E-state index contributed by atoms with van der Waals surface area (Å²) in [6, 6.07) is 24.3. The molecule has 0 radical (unpaired) electrons. The summed E-state index contributed by atoms with van der Waals surface area (Å²) in [5.74, 6) is 6.52. The lowest BCUT2D eigenvalue weighted by Crippen LogP contribution is -2.22. The zero-order valence-corrected chi connectivity index (χ0v) is 23.3. The molecule has 0 unspecified atom stereocenters. The third-order valence-electron chi connectivity index (χ3n) is 7.79. The van der Waals surface area contributed by atoms with E-state index < -0.39 is 5.97 Å². The van der Waals surface area contributed by atoms with Crippen LogP contribution in [0.2, 0.25) is 0 Å². The predicted octanol–water partition coefficient (Wildman–Crippen LogP) is 8.61. The van der Waals surface area contributed by atoms with E-state index in [-0.39, 0.29) is 0 Å². The van der Waals surface area contributed by atoms with Crippen molar-refractivity contribution >= 4 is 5.97 Å². The van der Waals surface area contributed by atoms with Crippen molar-refractivity contribution in [1.82, 2.24) is 4.90 Å². The second kappa shape index (κ2) is 14.4. The van der Waals surface area contributed by atoms with Crippen molar-refractivity contribution in [3.8, 4) is 11.8 Å². The molecule has 3 nitrogen and oxygen atoms in total. The first kappa shape index (κ1) is 28.2. The number of nitrogens with zero attached hydrogens (tertiary/aromatic N) is 1. The van der Waals surface area contributed by atoms with E-state index >= 15 is 0 Å². The van der Waals surface area contributed by atoms with Gasteiger partial charge in [0.05, 0.1) is 5.56 Å². The normalized spacial score (nSPS) is 13.1. The number of carboxylic acid groups (broad SMARTS) is 1. The van der Waals surface area contributed by atoms with Gasteiger partial charge in [-0.1, -0.05) is 93.8 Å². The van der Waals surface area contributed by atoms with Crippen LogP contribution in [0, 0.1) is 17.8 Å². The first-order valence-corrected chi connectivity index (χ1v) is 14.4. The van der Waals surface area contributed by atoms with Crippen LogP contribution in [0.4, 0.5) is 0 Å². The first-order chi connectivity index (χ1) is 19.0. The lowest BCUT2D eigenvalue weighted by atomic mass is 10.00. The van der Waals surface area contributed by atoms with Crippen molar-refractivity contribution in [2.75, 3.05) is 0 Å². The molecule has 0 amide bonds. The van der Waals surface area contributed by atoms with Crippen LogP contribution in [0.3, 0.4) is 0 Å². The minimum absolute atomic E-state index is 0.314. The molecular weight excluding hydrogens is 478 g/mol. The molecular formula is C36H41NO2. The van der Waals surface area contributed by atoms with Gasteiger partial charge in [0.1, 0.15) is 0 Å². The number of rotatable bonds is 12. The number of hydrogen-bond acceptors (Lipinski definition) is 2. The lowest BCUT2D eigenvalue weighted by Gasteiger charge is -2.28. The average molecular weight is 520 g/mol. The zero-order chi connectivity index (χ0) is 27.5. The van der Waals surface area contributed by atoms with Gasteiger partial charge in [-0.15, -0.1) is 0 Å². The molecule has 0 saturated heterocycles. The third kappa shape index (κ3) is 8.89. The Bertz CT molecular complexity index is 1270. The average Bonchev–Trinajstić information content (AvgIpc) is 3.49. The molecule has 1 saturated carbocycles. The van der Waals surface area contributed by atoms with Gasteiger partial charge < -0.3 is 10.0 Å². The number of unbranched alkanes of at least 4 members (excludes halogenated alkanes) is 1. The Morgan fingerprint density at radius 3 is 1.87 bits per heavy atom. The van der Waals surface area contributed by atoms with Crippen LogP contribution in [0.25, 0.3) is 0 Å². The van der Waals surface area contributed by atoms with Crippen LogP contribution in [-0.2, 0) is 19.5 Å². The van der Waals surface area contributed by atoms with Gasteiger partial charge in [-0.25, -0.2) is 4.79 Å². The molecule has 1 N–H and O–H groups in total. The van der Waals surface area contributed by atoms with E-state index in [0.29, 0.717) is 12.1 Å². The summed E-state index contributed by atoms with van der Waals surface area (Å²) >= 11 is 0. The molecule has 1 aliphatic carbocycles. The third-order valence-corrected chi connectivity index (χ3v) is 7.79. The number of carbonyl (C=O) groups is 1. The molecule has 0 spiro atoms. The summed E-state index contributed by atoms with van der Waals surface area (Å²) in [6.45, 7) is 8.16. The highest BCUT2D eigenvalue weighted by Crippen LogP contribution is 2.30. The number of aryl methyl sites for hydroxylation is 1. The lowest BCUT2D eigenvalue weighted by molar-refractivity contribution is 0.0697. The van der Waals surface area contributed by atoms with Gasteiger partial charge in [-0.2, -0.15) is 0 Å². The molecule has 3 aromatic carbocycles. The molecule has 3 aromatic rings. The van der Waals surface area contributed by atoms with Crippen LogP contribution in [0.1, 0.15) is 96.5 Å². The van der Waals surface area contributed by atoms with E-state index in [1.807, 2.05) is 12.1 Å². The molecule has 202 valence electrons. The van der Waals surface area contributed by atoms with E-state index in [0.717, 1.165) is 47.7 Å². The summed E-state index contributed by atoms with van der Waals surface area (Å²) in [7, 11) is 0. The number of benzene rings is 3. The van der Waals surface area contributed by atoms with Gasteiger partial charge in [-0.3, -0.25) is 0 Å². The molecule has 1 fully saturated rings. The monoisotopic (exact) mass is 519 g/mol. The fourth-order valence-corrected chi connectivity index (χ4v) is 5.27. The molecule has 0 aromatic heterocycles. The summed E-state index contributed by atoms with van der Waals surface area (Å²) in [5.41, 5.74) is 7.18. The minimum atomic E-state index is -0.897. The summed E-state index contributed by atoms with van der Waals surface area (Å²) < 4.78 is 0. The Labute approximate surface area is 234 Å². The van der Waals surface area contributed by atoms with Crippen molar-refractivity contribution in [1.29, 1.82) is 0 Å². The maximum atomic E-state index is 11.3. The highest BCUT2D eigenvalue weighted by Gasteiger charge is 2.17. The maximum absolute atomic E-state index is 11.3. The van der Waals surface area contributed by atoms with E-state index in [1.165, 1.54) is 56.1 Å². The number of carboxylic acids is 1. The quantitative estimate of drug-likeness (QED) is 0.244. The Morgan fingerprint density at radius 2 is 1.36 bits per heavy atom. The minimum Gasteiger partial charge on any atom is -0.478 e. The summed E-state index contributed by atoms with van der Waals surface area (Å²) in [5, 5.41) is 9.24. The van der Waals surface area contributed by atoms with Crippen molar-refractivity contribution in [2.45, 2.75) is 77.8 Å². The molecule has 39 heavy (non-hydrogen) atoms. The smallest absolute Gasteiger partial charge is 0.335 e. The fraction of sp³-hybridized carbons (Fsp3) is 0.361. The molecule has 0 atom stereocenters. The van der Waals surface area contributed by atoms with E-state index in [1.54, 1.807) is 12.1 Å². The second-order valence-corrected chi connectivity index (χ2v) is 10.9. The largest absolute Gasteiger partial charge is 0.478 e. The Balaban J connectivity index is 1.41. The highest BCUT2D eigenvalue weighted by molar-refractivity contribution is 5.87. The molecule has 1 aliphatic rings. The Morgan fingerprint density at radius 1 is 0.846 bits per heavy atom. The van der Waals surface area contributed by atoms with Crippen LogP contribution in [0.5, 0.6) is 0 Å². The summed E-state index contributed by atoms with van der Waals surface area (Å²) in [6.07, 6.45) is 11.2. The summed E-state index contributed by atoms with van der Waals surface area (Å²) in [4.78, 5) is 13.6. The van der Waals surface area contributed by atoms with Gasteiger partial charge in [0, 0.05) is 29.9 Å². The van der Waals surface area contributed by atoms with Gasteiger partial charge in [0.15, 0.2) is 0 Å². The van der Waals surface area contributed by atoms with E-state index in [2.05, 4.69) is 78.8 Å². The number of aromatic carboxylic acids is 1. The molecule has 4 rings (SSSR count). The zero-order valence-electron chi connectivity index (χ0n) is 23.3. The van der Waals surface area contributed by atoms with Gasteiger partial charge in [0.25, 0.3) is 0 Å². The van der Waals surface area contributed by atoms with Crippen LogP contribution < -0.4 is 0 Å². The Hall–Kier alpha value is -3.77. The van der Waals surface area contributed by atoms with Gasteiger partial charge >= 0.3 is 5.97 Å². The maximum Gasteiger partial charge on any atom is 0.335 e. The number of hydrogen-bond donors (Lipinski definition) is 1. The van der Waals surface area contributed by atoms with Crippen LogP contribution in [-0.4, -0.2) is 16.0 Å². The molecule has 0 aliphatic heterocycles. The standard InChI is InChI=1S/C36H41NO2/c1-3-4-7-30-12-14-31(15-13-30)16-17-32-18-20-33(21-19-32)26-37(28(2)10-11-29-8-5-6-9-29)27-34-22-24-35(25-23-34)36(38)39/h12-15,18-25,29H,2-11,26-27H2,1H3,(H,38,39).